The summed E-state index contributed by atoms with van der Waals surface area (Å²) in [5.41, 5.74) is 0.629. The Morgan fingerprint density at radius 3 is 2.64 bits per heavy atom. The topological polar surface area (TPSA) is 48.1 Å². The lowest BCUT2D eigenvalue weighted by Crippen LogP contribution is -2.28. The van der Waals surface area contributed by atoms with Gasteiger partial charge in [0, 0.05) is 24.1 Å². The van der Waals surface area contributed by atoms with E-state index in [1.165, 1.54) is 5.56 Å². The largest absolute Gasteiger partial charge is 0.464 e. The molecule has 1 aromatic carbocycles. The van der Waals surface area contributed by atoms with Crippen LogP contribution in [0.1, 0.15) is 31.7 Å². The van der Waals surface area contributed by atoms with Crippen LogP contribution in [-0.4, -0.2) is 38.0 Å². The Hall–Kier alpha value is -0.910. The van der Waals surface area contributed by atoms with Crippen molar-refractivity contribution in [2.24, 2.45) is 0 Å². The van der Waals surface area contributed by atoms with E-state index in [4.69, 9.17) is 14.2 Å². The minimum atomic E-state index is -0.715. The van der Waals surface area contributed by atoms with E-state index in [-0.39, 0.29) is 5.97 Å². The van der Waals surface area contributed by atoms with Crippen LogP contribution in [0.25, 0.3) is 0 Å². The van der Waals surface area contributed by atoms with Crippen molar-refractivity contribution in [3.63, 3.8) is 0 Å². The molecule has 1 aliphatic heterocycles. The van der Waals surface area contributed by atoms with Gasteiger partial charge < -0.3 is 14.2 Å². The monoisotopic (exact) mass is 370 g/mol. The first-order chi connectivity index (χ1) is 10.7. The Morgan fingerprint density at radius 1 is 1.27 bits per heavy atom. The number of unbranched alkanes of at least 4 members (excludes halogenated alkanes) is 1. The van der Waals surface area contributed by atoms with E-state index in [1.54, 1.807) is 6.92 Å². The molecule has 0 aliphatic carbocycles. The minimum absolute atomic E-state index is 0.256. The standard InChI is InChI=1S/C17H23BrO4/c1-2-21-16(19)17(13-22-17)10-12-20-11-4-3-5-14-6-8-15(18)9-7-14/h6-9H,2-5,10-13H2,1H3. The molecule has 0 radical (unpaired) electrons. The van der Waals surface area contributed by atoms with Gasteiger partial charge in [-0.05, 0) is 43.9 Å². The molecule has 0 saturated carbocycles. The van der Waals surface area contributed by atoms with Crippen LogP contribution in [-0.2, 0) is 25.4 Å². The van der Waals surface area contributed by atoms with Gasteiger partial charge in [-0.3, -0.25) is 0 Å². The van der Waals surface area contributed by atoms with Crippen LogP contribution in [0.5, 0.6) is 0 Å². The quantitative estimate of drug-likeness (QED) is 0.359. The summed E-state index contributed by atoms with van der Waals surface area (Å²) in [4.78, 5) is 11.7. The maximum absolute atomic E-state index is 11.7. The highest BCUT2D eigenvalue weighted by Crippen LogP contribution is 2.32. The highest BCUT2D eigenvalue weighted by molar-refractivity contribution is 9.10. The summed E-state index contributed by atoms with van der Waals surface area (Å²) < 4.78 is 17.0. The van der Waals surface area contributed by atoms with Crippen molar-refractivity contribution in [2.75, 3.05) is 26.4 Å². The lowest BCUT2D eigenvalue weighted by Gasteiger charge is -2.11. The average Bonchev–Trinajstić information content (AvgIpc) is 3.30. The van der Waals surface area contributed by atoms with E-state index in [0.717, 1.165) is 30.3 Å². The molecular weight excluding hydrogens is 348 g/mol. The lowest BCUT2D eigenvalue weighted by atomic mass is 10.1. The Labute approximate surface area is 140 Å². The predicted molar refractivity (Wildman–Crippen MR) is 87.8 cm³/mol. The first-order valence-electron chi connectivity index (χ1n) is 7.80. The third-order valence-electron chi connectivity index (χ3n) is 3.71. The van der Waals surface area contributed by atoms with Crippen molar-refractivity contribution in [1.82, 2.24) is 0 Å². The summed E-state index contributed by atoms with van der Waals surface area (Å²) in [6, 6.07) is 8.41. The number of rotatable bonds is 10. The molecule has 0 spiro atoms. The average molecular weight is 371 g/mol. The summed E-state index contributed by atoms with van der Waals surface area (Å²) in [6.45, 7) is 3.90. The van der Waals surface area contributed by atoms with Gasteiger partial charge in [0.1, 0.15) is 0 Å². The molecule has 122 valence electrons. The van der Waals surface area contributed by atoms with Crippen molar-refractivity contribution < 1.29 is 19.0 Å². The van der Waals surface area contributed by atoms with Crippen LogP contribution >= 0.6 is 15.9 Å². The van der Waals surface area contributed by atoms with E-state index in [2.05, 4.69) is 40.2 Å². The minimum Gasteiger partial charge on any atom is -0.464 e. The van der Waals surface area contributed by atoms with Gasteiger partial charge in [0.25, 0.3) is 0 Å². The number of halogens is 1. The Kier molecular flexibility index (Phi) is 6.86. The van der Waals surface area contributed by atoms with E-state index in [1.807, 2.05) is 0 Å². The van der Waals surface area contributed by atoms with Gasteiger partial charge in [0.15, 0.2) is 5.60 Å². The van der Waals surface area contributed by atoms with Crippen molar-refractivity contribution in [3.8, 4) is 0 Å². The maximum Gasteiger partial charge on any atom is 0.340 e. The zero-order chi connectivity index (χ0) is 15.8. The molecule has 2 rings (SSSR count). The number of carbonyl (C=O) groups excluding carboxylic acids is 1. The summed E-state index contributed by atoms with van der Waals surface area (Å²) in [6.07, 6.45) is 3.76. The first-order valence-corrected chi connectivity index (χ1v) is 8.59. The molecule has 4 nitrogen and oxygen atoms in total. The second-order valence-corrected chi connectivity index (χ2v) is 6.37. The van der Waals surface area contributed by atoms with Gasteiger partial charge >= 0.3 is 5.97 Å². The number of aryl methyl sites for hydroxylation is 1. The van der Waals surface area contributed by atoms with Crippen molar-refractivity contribution in [3.05, 3.63) is 34.3 Å². The molecule has 0 N–H and O–H groups in total. The predicted octanol–water partition coefficient (Wildman–Crippen LogP) is 3.51. The summed E-state index contributed by atoms with van der Waals surface area (Å²) in [5, 5.41) is 0. The lowest BCUT2D eigenvalue weighted by molar-refractivity contribution is -0.150. The van der Waals surface area contributed by atoms with E-state index < -0.39 is 5.60 Å². The Balaban J connectivity index is 1.51. The SMILES string of the molecule is CCOC(=O)C1(CCOCCCCc2ccc(Br)cc2)CO1. The Morgan fingerprint density at radius 2 is 2.00 bits per heavy atom. The van der Waals surface area contributed by atoms with Crippen LogP contribution in [0.3, 0.4) is 0 Å². The first kappa shape index (κ1) is 17.4. The summed E-state index contributed by atoms with van der Waals surface area (Å²) in [5.74, 6) is -0.256. The zero-order valence-corrected chi connectivity index (χ0v) is 14.6. The fraction of sp³-hybridized carbons (Fsp3) is 0.588. The third-order valence-corrected chi connectivity index (χ3v) is 4.24. The number of hydrogen-bond donors (Lipinski definition) is 0. The maximum atomic E-state index is 11.7. The number of carbonyl (C=O) groups is 1. The molecule has 1 atom stereocenters. The van der Waals surface area contributed by atoms with Gasteiger partial charge in [-0.25, -0.2) is 4.79 Å². The van der Waals surface area contributed by atoms with E-state index in [9.17, 15) is 4.79 Å². The highest BCUT2D eigenvalue weighted by Gasteiger charge is 2.53. The molecule has 1 heterocycles. The van der Waals surface area contributed by atoms with Gasteiger partial charge in [-0.2, -0.15) is 0 Å². The second-order valence-electron chi connectivity index (χ2n) is 5.45. The number of ether oxygens (including phenoxy) is 3. The molecule has 1 unspecified atom stereocenters. The van der Waals surface area contributed by atoms with E-state index in [0.29, 0.717) is 26.2 Å². The van der Waals surface area contributed by atoms with Gasteiger partial charge in [-0.1, -0.05) is 28.1 Å². The van der Waals surface area contributed by atoms with Crippen LogP contribution in [0, 0.1) is 0 Å². The molecular formula is C17H23BrO4. The normalized spacial score (nSPS) is 19.9. The Bertz CT molecular complexity index is 468. The van der Waals surface area contributed by atoms with E-state index >= 15 is 0 Å². The molecule has 22 heavy (non-hydrogen) atoms. The van der Waals surface area contributed by atoms with Crippen LogP contribution in [0.2, 0.25) is 0 Å². The van der Waals surface area contributed by atoms with Gasteiger partial charge in [0.2, 0.25) is 0 Å². The fourth-order valence-electron chi connectivity index (χ4n) is 2.24. The van der Waals surface area contributed by atoms with Gasteiger partial charge in [-0.15, -0.1) is 0 Å². The third kappa shape index (κ3) is 5.38. The second kappa shape index (κ2) is 8.65. The molecule has 0 amide bonds. The van der Waals surface area contributed by atoms with Crippen molar-refractivity contribution in [1.29, 1.82) is 0 Å². The molecule has 0 bridgehead atoms. The molecule has 5 heteroatoms. The number of epoxide rings is 1. The van der Waals surface area contributed by atoms with Crippen LogP contribution in [0.15, 0.2) is 28.7 Å². The molecule has 1 fully saturated rings. The molecule has 1 saturated heterocycles. The van der Waals surface area contributed by atoms with Gasteiger partial charge in [0.05, 0.1) is 13.2 Å². The molecule has 1 aliphatic rings. The molecule has 0 aromatic heterocycles. The number of hydrogen-bond acceptors (Lipinski definition) is 4. The van der Waals surface area contributed by atoms with Crippen LogP contribution in [0.4, 0.5) is 0 Å². The summed E-state index contributed by atoms with van der Waals surface area (Å²) in [7, 11) is 0. The number of esters is 1. The van der Waals surface area contributed by atoms with Crippen molar-refractivity contribution >= 4 is 21.9 Å². The smallest absolute Gasteiger partial charge is 0.340 e. The van der Waals surface area contributed by atoms with Crippen LogP contribution < -0.4 is 0 Å². The molecule has 1 aromatic rings. The number of benzene rings is 1. The van der Waals surface area contributed by atoms with Crippen molar-refractivity contribution in [2.45, 2.75) is 38.2 Å². The fourth-order valence-corrected chi connectivity index (χ4v) is 2.50. The highest BCUT2D eigenvalue weighted by atomic mass is 79.9. The summed E-state index contributed by atoms with van der Waals surface area (Å²) >= 11 is 3.43. The zero-order valence-electron chi connectivity index (χ0n) is 13.0.